The number of amides is 1. The Morgan fingerprint density at radius 1 is 1.44 bits per heavy atom. The van der Waals surface area contributed by atoms with Crippen LogP contribution in [0.4, 0.5) is 0 Å². The Bertz CT molecular complexity index is 416. The molecule has 0 aromatic heterocycles. The van der Waals surface area contributed by atoms with E-state index in [4.69, 9.17) is 5.73 Å². The molecule has 0 fully saturated rings. The predicted octanol–water partition coefficient (Wildman–Crippen LogP) is 1.80. The van der Waals surface area contributed by atoms with E-state index >= 15 is 0 Å². The molecule has 1 atom stereocenters. The van der Waals surface area contributed by atoms with Gasteiger partial charge in [0.05, 0.1) is 0 Å². The second-order valence-corrected chi connectivity index (χ2v) is 5.10. The molecule has 0 aliphatic carbocycles. The number of carbonyl (C=O) groups excluding carboxylic acids is 1. The summed E-state index contributed by atoms with van der Waals surface area (Å²) < 4.78 is 0. The summed E-state index contributed by atoms with van der Waals surface area (Å²) >= 11 is 0. The second-order valence-electron chi connectivity index (χ2n) is 5.10. The number of benzene rings is 1. The number of hydrogen-bond donors (Lipinski definition) is 3. The molecule has 0 aliphatic rings. The van der Waals surface area contributed by atoms with Crippen LogP contribution in [0, 0.1) is 12.8 Å². The largest absolute Gasteiger partial charge is 0.508 e. The van der Waals surface area contributed by atoms with Crippen LogP contribution >= 0.6 is 0 Å². The minimum absolute atomic E-state index is 0.0211. The zero-order valence-electron chi connectivity index (χ0n) is 11.2. The van der Waals surface area contributed by atoms with Gasteiger partial charge in [-0.05, 0) is 43.0 Å². The third-order valence-corrected chi connectivity index (χ3v) is 2.76. The Morgan fingerprint density at radius 3 is 2.67 bits per heavy atom. The van der Waals surface area contributed by atoms with Crippen LogP contribution in [0.1, 0.15) is 36.2 Å². The lowest BCUT2D eigenvalue weighted by atomic mass is 10.0. The van der Waals surface area contributed by atoms with Gasteiger partial charge in [0.2, 0.25) is 0 Å². The predicted molar refractivity (Wildman–Crippen MR) is 72.6 cm³/mol. The first-order valence-corrected chi connectivity index (χ1v) is 6.23. The van der Waals surface area contributed by atoms with Crippen molar-refractivity contribution >= 4 is 5.91 Å². The average Bonchev–Trinajstić information content (AvgIpc) is 2.28. The molecule has 0 saturated heterocycles. The minimum Gasteiger partial charge on any atom is -0.508 e. The summed E-state index contributed by atoms with van der Waals surface area (Å²) in [6.07, 6.45) is 0.884. The van der Waals surface area contributed by atoms with Gasteiger partial charge in [0.15, 0.2) is 0 Å². The van der Waals surface area contributed by atoms with Crippen molar-refractivity contribution in [3.8, 4) is 5.75 Å². The maximum absolute atomic E-state index is 11.9. The number of aromatic hydroxyl groups is 1. The topological polar surface area (TPSA) is 75.4 Å². The monoisotopic (exact) mass is 250 g/mol. The first kappa shape index (κ1) is 14.5. The van der Waals surface area contributed by atoms with Crippen LogP contribution in [-0.4, -0.2) is 23.6 Å². The summed E-state index contributed by atoms with van der Waals surface area (Å²) in [6, 6.07) is 4.77. The van der Waals surface area contributed by atoms with Gasteiger partial charge in [0, 0.05) is 18.2 Å². The summed E-state index contributed by atoms with van der Waals surface area (Å²) in [5.74, 6) is 0.563. The maximum Gasteiger partial charge on any atom is 0.251 e. The number of phenols is 1. The van der Waals surface area contributed by atoms with Crippen LogP contribution in [0.3, 0.4) is 0 Å². The molecule has 4 N–H and O–H groups in total. The normalized spacial score (nSPS) is 12.5. The molecule has 1 rings (SSSR count). The van der Waals surface area contributed by atoms with Gasteiger partial charge in [-0.15, -0.1) is 0 Å². The van der Waals surface area contributed by atoms with Gasteiger partial charge in [-0.25, -0.2) is 0 Å². The summed E-state index contributed by atoms with van der Waals surface area (Å²) in [5, 5.41) is 12.2. The Balaban J connectivity index is 2.52. The Labute approximate surface area is 108 Å². The molecule has 1 amide bonds. The highest BCUT2D eigenvalue weighted by atomic mass is 16.3. The number of hydrogen-bond acceptors (Lipinski definition) is 3. The standard InChI is InChI=1S/C14H22N2O2/c1-9(2)6-12(15)8-16-14(18)11-4-5-13(17)10(3)7-11/h4-5,7,9,12,17H,6,8,15H2,1-3H3,(H,16,18). The number of phenolic OH excluding ortho intramolecular Hbond substituents is 1. The molecule has 4 nitrogen and oxygen atoms in total. The van der Waals surface area contributed by atoms with Crippen molar-refractivity contribution in [2.45, 2.75) is 33.2 Å². The number of nitrogens with two attached hydrogens (primary N) is 1. The van der Waals surface area contributed by atoms with E-state index in [9.17, 15) is 9.90 Å². The molecule has 4 heteroatoms. The quantitative estimate of drug-likeness (QED) is 0.746. The van der Waals surface area contributed by atoms with Crippen molar-refractivity contribution in [1.29, 1.82) is 0 Å². The van der Waals surface area contributed by atoms with Gasteiger partial charge in [-0.3, -0.25) is 4.79 Å². The summed E-state index contributed by atoms with van der Waals surface area (Å²) in [5.41, 5.74) is 7.13. The lowest BCUT2D eigenvalue weighted by molar-refractivity contribution is 0.0950. The van der Waals surface area contributed by atoms with E-state index in [1.807, 2.05) is 0 Å². The maximum atomic E-state index is 11.9. The number of nitrogens with one attached hydrogen (secondary N) is 1. The minimum atomic E-state index is -0.155. The van der Waals surface area contributed by atoms with Crippen molar-refractivity contribution in [2.75, 3.05) is 6.54 Å². The molecule has 0 spiro atoms. The molecule has 1 aromatic carbocycles. The molecule has 1 aromatic rings. The van der Waals surface area contributed by atoms with Gasteiger partial charge in [0.25, 0.3) is 5.91 Å². The fourth-order valence-corrected chi connectivity index (χ4v) is 1.81. The average molecular weight is 250 g/mol. The van der Waals surface area contributed by atoms with Crippen LogP contribution in [0.25, 0.3) is 0 Å². The highest BCUT2D eigenvalue weighted by Gasteiger charge is 2.10. The smallest absolute Gasteiger partial charge is 0.251 e. The van der Waals surface area contributed by atoms with Crippen LogP contribution in [-0.2, 0) is 0 Å². The van der Waals surface area contributed by atoms with E-state index < -0.39 is 0 Å². The third-order valence-electron chi connectivity index (χ3n) is 2.76. The fraction of sp³-hybridized carbons (Fsp3) is 0.500. The Morgan fingerprint density at radius 2 is 2.11 bits per heavy atom. The molecule has 0 saturated carbocycles. The molecule has 0 heterocycles. The number of carbonyl (C=O) groups is 1. The lowest BCUT2D eigenvalue weighted by Crippen LogP contribution is -2.38. The van der Waals surface area contributed by atoms with Gasteiger partial charge >= 0.3 is 0 Å². The van der Waals surface area contributed by atoms with Gasteiger partial charge in [-0.2, -0.15) is 0 Å². The van der Waals surface area contributed by atoms with E-state index in [2.05, 4.69) is 19.2 Å². The highest BCUT2D eigenvalue weighted by molar-refractivity contribution is 5.94. The molecule has 100 valence electrons. The molecule has 1 unspecified atom stereocenters. The van der Waals surface area contributed by atoms with E-state index in [0.717, 1.165) is 6.42 Å². The summed E-state index contributed by atoms with van der Waals surface area (Å²) in [6.45, 7) is 6.43. The Hall–Kier alpha value is -1.55. The lowest BCUT2D eigenvalue weighted by Gasteiger charge is -2.15. The SMILES string of the molecule is Cc1cc(C(=O)NCC(N)CC(C)C)ccc1O. The van der Waals surface area contributed by atoms with E-state index in [1.54, 1.807) is 19.1 Å². The zero-order chi connectivity index (χ0) is 13.7. The first-order valence-electron chi connectivity index (χ1n) is 6.23. The van der Waals surface area contributed by atoms with E-state index in [1.165, 1.54) is 6.07 Å². The van der Waals surface area contributed by atoms with Crippen LogP contribution in [0.5, 0.6) is 5.75 Å². The highest BCUT2D eigenvalue weighted by Crippen LogP contribution is 2.16. The molecule has 0 bridgehead atoms. The molecule has 18 heavy (non-hydrogen) atoms. The zero-order valence-corrected chi connectivity index (χ0v) is 11.2. The van der Waals surface area contributed by atoms with Gasteiger partial charge in [0.1, 0.15) is 5.75 Å². The van der Waals surface area contributed by atoms with Gasteiger partial charge < -0.3 is 16.2 Å². The van der Waals surface area contributed by atoms with E-state index in [-0.39, 0.29) is 17.7 Å². The van der Waals surface area contributed by atoms with Crippen molar-refractivity contribution in [2.24, 2.45) is 11.7 Å². The number of rotatable bonds is 5. The van der Waals surface area contributed by atoms with Crippen molar-refractivity contribution in [1.82, 2.24) is 5.32 Å². The Kier molecular flexibility index (Phi) is 5.16. The second kappa shape index (κ2) is 6.40. The van der Waals surface area contributed by atoms with Crippen molar-refractivity contribution in [3.05, 3.63) is 29.3 Å². The van der Waals surface area contributed by atoms with Crippen LogP contribution in [0.15, 0.2) is 18.2 Å². The molecule has 0 aliphatic heterocycles. The third kappa shape index (κ3) is 4.37. The summed E-state index contributed by atoms with van der Waals surface area (Å²) in [4.78, 5) is 11.9. The molecular weight excluding hydrogens is 228 g/mol. The van der Waals surface area contributed by atoms with E-state index in [0.29, 0.717) is 23.6 Å². The first-order chi connectivity index (χ1) is 8.40. The molecule has 0 radical (unpaired) electrons. The fourth-order valence-electron chi connectivity index (χ4n) is 1.81. The van der Waals surface area contributed by atoms with Crippen LogP contribution < -0.4 is 11.1 Å². The van der Waals surface area contributed by atoms with Crippen molar-refractivity contribution < 1.29 is 9.90 Å². The van der Waals surface area contributed by atoms with Crippen molar-refractivity contribution in [3.63, 3.8) is 0 Å². The summed E-state index contributed by atoms with van der Waals surface area (Å²) in [7, 11) is 0. The number of aryl methyl sites for hydroxylation is 1. The molecular formula is C14H22N2O2. The van der Waals surface area contributed by atoms with Gasteiger partial charge in [-0.1, -0.05) is 13.8 Å². The van der Waals surface area contributed by atoms with Crippen LogP contribution in [0.2, 0.25) is 0 Å².